The number of hydrogen-bond acceptors (Lipinski definition) is 5. The lowest BCUT2D eigenvalue weighted by atomic mass is 10.1. The molecule has 0 bridgehead atoms. The van der Waals surface area contributed by atoms with Crippen molar-refractivity contribution in [3.05, 3.63) is 63.3 Å². The first-order valence-electron chi connectivity index (χ1n) is 10.1. The Hall–Kier alpha value is -3.20. The number of carbonyl (C=O) groups is 2. The van der Waals surface area contributed by atoms with E-state index >= 15 is 0 Å². The van der Waals surface area contributed by atoms with E-state index in [4.69, 9.17) is 0 Å². The third-order valence-electron chi connectivity index (χ3n) is 5.67. The van der Waals surface area contributed by atoms with Gasteiger partial charge in [0.15, 0.2) is 5.75 Å². The summed E-state index contributed by atoms with van der Waals surface area (Å²) in [4.78, 5) is 40.5. The van der Waals surface area contributed by atoms with Crippen LogP contribution in [-0.2, 0) is 17.9 Å². The Balaban J connectivity index is 1.85. The zero-order valence-corrected chi connectivity index (χ0v) is 17.8. The molecule has 1 fully saturated rings. The van der Waals surface area contributed by atoms with Crippen LogP contribution in [0.2, 0.25) is 0 Å². The van der Waals surface area contributed by atoms with E-state index in [2.05, 4.69) is 10.2 Å². The molecule has 2 N–H and O–H groups in total. The van der Waals surface area contributed by atoms with Crippen molar-refractivity contribution in [1.82, 2.24) is 19.7 Å². The molecule has 0 spiro atoms. The molecule has 1 saturated heterocycles. The van der Waals surface area contributed by atoms with Gasteiger partial charge in [-0.1, -0.05) is 12.1 Å². The largest absolute Gasteiger partial charge is 0.503 e. The van der Waals surface area contributed by atoms with E-state index in [1.165, 1.54) is 30.5 Å². The van der Waals surface area contributed by atoms with Crippen molar-refractivity contribution in [3.8, 4) is 5.75 Å². The van der Waals surface area contributed by atoms with Gasteiger partial charge in [-0.3, -0.25) is 19.3 Å². The standard InChI is InChI=1S/C22H27FN4O4/c1-14(2)27-9-8-25(13-28)19(27)12-26-11-18(21(30)20(29)15(26)3)22(31)24-10-16-4-6-17(23)7-5-16/h4-7,11,13-14,19,29H,8-10,12H2,1-3H3,(H,24,31). The SMILES string of the molecule is Cc1c(O)c(=O)c(C(=O)NCc2ccc(F)cc2)cn1CC1N(C=O)CCN1C(C)C. The number of pyridine rings is 1. The predicted molar refractivity (Wildman–Crippen MR) is 113 cm³/mol. The van der Waals surface area contributed by atoms with Gasteiger partial charge in [0, 0.05) is 31.9 Å². The van der Waals surface area contributed by atoms with Crippen molar-refractivity contribution in [2.75, 3.05) is 13.1 Å². The van der Waals surface area contributed by atoms with Crippen LogP contribution in [0.1, 0.15) is 35.5 Å². The Labute approximate surface area is 179 Å². The van der Waals surface area contributed by atoms with Crippen molar-refractivity contribution in [2.24, 2.45) is 0 Å². The van der Waals surface area contributed by atoms with Crippen LogP contribution < -0.4 is 10.7 Å². The second-order valence-electron chi connectivity index (χ2n) is 7.92. The molecule has 1 aliphatic heterocycles. The average Bonchev–Trinajstić information content (AvgIpc) is 3.16. The Kier molecular flexibility index (Phi) is 6.74. The molecule has 0 saturated carbocycles. The number of halogens is 1. The topological polar surface area (TPSA) is 94.9 Å². The van der Waals surface area contributed by atoms with Crippen LogP contribution in [0.4, 0.5) is 4.39 Å². The van der Waals surface area contributed by atoms with E-state index in [1.54, 1.807) is 16.4 Å². The van der Waals surface area contributed by atoms with E-state index in [0.29, 0.717) is 24.3 Å². The van der Waals surface area contributed by atoms with Gasteiger partial charge in [-0.05, 0) is 38.5 Å². The number of nitrogens with zero attached hydrogens (tertiary/aromatic N) is 3. The van der Waals surface area contributed by atoms with Gasteiger partial charge in [0.25, 0.3) is 5.91 Å². The summed E-state index contributed by atoms with van der Waals surface area (Å²) in [5.74, 6) is -1.52. The van der Waals surface area contributed by atoms with E-state index in [-0.39, 0.29) is 30.1 Å². The van der Waals surface area contributed by atoms with E-state index in [9.17, 15) is 23.9 Å². The van der Waals surface area contributed by atoms with Crippen molar-refractivity contribution >= 4 is 12.3 Å². The fourth-order valence-corrected chi connectivity index (χ4v) is 3.80. The molecular formula is C22H27FN4O4. The molecule has 31 heavy (non-hydrogen) atoms. The fraction of sp³-hybridized carbons (Fsp3) is 0.409. The second kappa shape index (κ2) is 9.30. The molecule has 1 aromatic heterocycles. The van der Waals surface area contributed by atoms with E-state index in [1.807, 2.05) is 13.8 Å². The maximum atomic E-state index is 13.0. The van der Waals surface area contributed by atoms with E-state index < -0.39 is 17.1 Å². The van der Waals surface area contributed by atoms with Gasteiger partial charge in [0.2, 0.25) is 11.8 Å². The summed E-state index contributed by atoms with van der Waals surface area (Å²) < 4.78 is 14.7. The monoisotopic (exact) mass is 430 g/mol. The van der Waals surface area contributed by atoms with Gasteiger partial charge in [-0.25, -0.2) is 4.39 Å². The van der Waals surface area contributed by atoms with Crippen molar-refractivity contribution in [3.63, 3.8) is 0 Å². The number of carbonyl (C=O) groups excluding carboxylic acids is 2. The number of amides is 2. The predicted octanol–water partition coefficient (Wildman–Crippen LogP) is 1.44. The molecular weight excluding hydrogens is 403 g/mol. The van der Waals surface area contributed by atoms with Crippen LogP contribution in [0.5, 0.6) is 5.75 Å². The van der Waals surface area contributed by atoms with Crippen LogP contribution in [0.25, 0.3) is 0 Å². The zero-order chi connectivity index (χ0) is 22.7. The first-order valence-corrected chi connectivity index (χ1v) is 10.1. The van der Waals surface area contributed by atoms with Gasteiger partial charge >= 0.3 is 0 Å². The maximum Gasteiger partial charge on any atom is 0.257 e. The van der Waals surface area contributed by atoms with Crippen molar-refractivity contribution in [1.29, 1.82) is 0 Å². The third kappa shape index (κ3) is 4.77. The van der Waals surface area contributed by atoms with Crippen LogP contribution in [0.3, 0.4) is 0 Å². The minimum atomic E-state index is -0.760. The molecule has 0 aliphatic carbocycles. The number of aromatic hydroxyl groups is 1. The number of nitrogens with one attached hydrogen (secondary N) is 1. The summed E-state index contributed by atoms with van der Waals surface area (Å²) in [5, 5.41) is 13.0. The number of aromatic nitrogens is 1. The summed E-state index contributed by atoms with van der Waals surface area (Å²) >= 11 is 0. The van der Waals surface area contributed by atoms with Crippen LogP contribution in [0.15, 0.2) is 35.3 Å². The summed E-state index contributed by atoms with van der Waals surface area (Å²) in [6.45, 7) is 7.37. The molecule has 8 nitrogen and oxygen atoms in total. The van der Waals surface area contributed by atoms with Gasteiger partial charge in [-0.2, -0.15) is 0 Å². The van der Waals surface area contributed by atoms with Crippen molar-refractivity contribution < 1.29 is 19.1 Å². The van der Waals surface area contributed by atoms with Crippen LogP contribution in [-0.4, -0.2) is 57.1 Å². The second-order valence-corrected chi connectivity index (χ2v) is 7.92. The normalized spacial score (nSPS) is 16.7. The molecule has 1 aromatic carbocycles. The Morgan fingerprint density at radius 2 is 1.97 bits per heavy atom. The van der Waals surface area contributed by atoms with Gasteiger partial charge in [0.1, 0.15) is 17.5 Å². The summed E-state index contributed by atoms with van der Waals surface area (Å²) in [5.41, 5.74) is 0.0369. The molecule has 1 aliphatic rings. The summed E-state index contributed by atoms with van der Waals surface area (Å²) in [7, 11) is 0. The van der Waals surface area contributed by atoms with Gasteiger partial charge in [-0.15, -0.1) is 0 Å². The summed E-state index contributed by atoms with van der Waals surface area (Å²) in [6, 6.07) is 5.84. The number of hydrogen-bond donors (Lipinski definition) is 2. The highest BCUT2D eigenvalue weighted by atomic mass is 19.1. The van der Waals surface area contributed by atoms with Crippen LogP contribution >= 0.6 is 0 Å². The third-order valence-corrected chi connectivity index (χ3v) is 5.67. The van der Waals surface area contributed by atoms with Gasteiger partial charge < -0.3 is 19.9 Å². The molecule has 0 radical (unpaired) electrons. The molecule has 9 heteroatoms. The lowest BCUT2D eigenvalue weighted by Crippen LogP contribution is -2.45. The highest BCUT2D eigenvalue weighted by molar-refractivity contribution is 5.94. The maximum absolute atomic E-state index is 13.0. The Bertz CT molecular complexity index is 1020. The lowest BCUT2D eigenvalue weighted by molar-refractivity contribution is -0.120. The van der Waals surface area contributed by atoms with E-state index in [0.717, 1.165) is 13.0 Å². The minimum Gasteiger partial charge on any atom is -0.503 e. The fourth-order valence-electron chi connectivity index (χ4n) is 3.80. The molecule has 2 heterocycles. The molecule has 166 valence electrons. The van der Waals surface area contributed by atoms with Crippen molar-refractivity contribution in [2.45, 2.75) is 46.1 Å². The first kappa shape index (κ1) is 22.5. The zero-order valence-electron chi connectivity index (χ0n) is 17.8. The Morgan fingerprint density at radius 1 is 1.29 bits per heavy atom. The highest BCUT2D eigenvalue weighted by Gasteiger charge is 2.33. The molecule has 2 aromatic rings. The smallest absolute Gasteiger partial charge is 0.257 e. The number of rotatable bonds is 7. The average molecular weight is 430 g/mol. The highest BCUT2D eigenvalue weighted by Crippen LogP contribution is 2.20. The quantitative estimate of drug-likeness (QED) is 0.649. The first-order chi connectivity index (χ1) is 14.7. The number of benzene rings is 1. The molecule has 2 amide bonds. The minimum absolute atomic E-state index is 0.107. The summed E-state index contributed by atoms with van der Waals surface area (Å²) in [6.07, 6.45) is 1.95. The van der Waals surface area contributed by atoms with Crippen LogP contribution in [0, 0.1) is 12.7 Å². The molecule has 1 atom stereocenters. The Morgan fingerprint density at radius 3 is 2.58 bits per heavy atom. The van der Waals surface area contributed by atoms with Gasteiger partial charge in [0.05, 0.1) is 12.2 Å². The molecule has 1 unspecified atom stereocenters. The lowest BCUT2D eigenvalue weighted by Gasteiger charge is -2.32. The molecule has 3 rings (SSSR count).